The predicted octanol–water partition coefficient (Wildman–Crippen LogP) is 2.32. The Kier molecular flexibility index (Phi) is 5.88. The highest BCUT2D eigenvalue weighted by Gasteiger charge is 2.25. The molecule has 1 amide bonds. The molecule has 1 saturated heterocycles. The Bertz CT molecular complexity index is 881. The van der Waals surface area contributed by atoms with Crippen molar-refractivity contribution < 1.29 is 13.9 Å². The molecule has 1 fully saturated rings. The molecule has 0 spiro atoms. The zero-order chi connectivity index (χ0) is 19.4. The molecular formula is C20H24FN3O3. The minimum absolute atomic E-state index is 0.0686. The SMILES string of the molecule is Cc1cc(=O)n(CC(=O)N2CCC[C@H](COc3ccccc3F)C2)nc1C. The zero-order valence-electron chi connectivity index (χ0n) is 15.7. The first-order valence-corrected chi connectivity index (χ1v) is 9.14. The van der Waals surface area contributed by atoms with E-state index in [9.17, 15) is 14.0 Å². The molecule has 1 aromatic carbocycles. The number of ether oxygens (including phenoxy) is 1. The topological polar surface area (TPSA) is 64.4 Å². The fraction of sp³-hybridized carbons (Fsp3) is 0.450. The lowest BCUT2D eigenvalue weighted by molar-refractivity contribution is -0.134. The number of rotatable bonds is 5. The number of aryl methyl sites for hydroxylation is 2. The van der Waals surface area contributed by atoms with Crippen LogP contribution in [0.3, 0.4) is 0 Å². The Hall–Kier alpha value is -2.70. The molecule has 3 rings (SSSR count). The van der Waals surface area contributed by atoms with Gasteiger partial charge < -0.3 is 9.64 Å². The standard InChI is InChI=1S/C20H24FN3O3/c1-14-10-19(25)24(22-15(14)2)12-20(26)23-9-5-6-16(11-23)13-27-18-8-4-3-7-17(18)21/h3-4,7-8,10,16H,5-6,9,11-13H2,1-2H3/t16-/m0/s1. The maximum absolute atomic E-state index is 13.7. The van der Waals surface area contributed by atoms with Gasteiger partial charge in [-0.3, -0.25) is 9.59 Å². The van der Waals surface area contributed by atoms with Crippen molar-refractivity contribution in [2.75, 3.05) is 19.7 Å². The summed E-state index contributed by atoms with van der Waals surface area (Å²) in [6.07, 6.45) is 1.77. The number of benzene rings is 1. The summed E-state index contributed by atoms with van der Waals surface area (Å²) in [6, 6.07) is 7.80. The van der Waals surface area contributed by atoms with E-state index >= 15 is 0 Å². The summed E-state index contributed by atoms with van der Waals surface area (Å²) in [6.45, 7) is 5.10. The molecule has 1 atom stereocenters. The summed E-state index contributed by atoms with van der Waals surface area (Å²) in [4.78, 5) is 26.4. The summed E-state index contributed by atoms with van der Waals surface area (Å²) in [7, 11) is 0. The Morgan fingerprint density at radius 2 is 2.11 bits per heavy atom. The van der Waals surface area contributed by atoms with Gasteiger partial charge in [0.15, 0.2) is 11.6 Å². The second-order valence-corrected chi connectivity index (χ2v) is 7.00. The van der Waals surface area contributed by atoms with Gasteiger partial charge in [-0.2, -0.15) is 5.10 Å². The molecule has 27 heavy (non-hydrogen) atoms. The molecule has 0 saturated carbocycles. The number of hydrogen-bond acceptors (Lipinski definition) is 4. The van der Waals surface area contributed by atoms with Crippen LogP contribution in [0.4, 0.5) is 4.39 Å². The van der Waals surface area contributed by atoms with Crippen molar-refractivity contribution in [3.63, 3.8) is 0 Å². The van der Waals surface area contributed by atoms with Crippen LogP contribution in [-0.4, -0.2) is 40.3 Å². The molecule has 0 radical (unpaired) electrons. The molecule has 1 aromatic heterocycles. The van der Waals surface area contributed by atoms with Gasteiger partial charge in [0.2, 0.25) is 5.91 Å². The highest BCUT2D eigenvalue weighted by Crippen LogP contribution is 2.21. The van der Waals surface area contributed by atoms with Crippen LogP contribution in [0.1, 0.15) is 24.1 Å². The van der Waals surface area contributed by atoms with Crippen LogP contribution in [0, 0.1) is 25.6 Å². The lowest BCUT2D eigenvalue weighted by Crippen LogP contribution is -2.44. The minimum atomic E-state index is -0.388. The summed E-state index contributed by atoms with van der Waals surface area (Å²) in [5.41, 5.74) is 1.27. The molecule has 0 aliphatic carbocycles. The van der Waals surface area contributed by atoms with Gasteiger partial charge in [-0.15, -0.1) is 0 Å². The molecule has 6 nitrogen and oxygen atoms in total. The van der Waals surface area contributed by atoms with Crippen LogP contribution >= 0.6 is 0 Å². The number of nitrogens with zero attached hydrogens (tertiary/aromatic N) is 3. The van der Waals surface area contributed by atoms with Gasteiger partial charge in [-0.25, -0.2) is 9.07 Å². The molecule has 1 aliphatic rings. The van der Waals surface area contributed by atoms with Crippen molar-refractivity contribution in [2.45, 2.75) is 33.2 Å². The average Bonchev–Trinajstić information content (AvgIpc) is 2.65. The van der Waals surface area contributed by atoms with Crippen molar-refractivity contribution in [1.82, 2.24) is 14.7 Å². The second-order valence-electron chi connectivity index (χ2n) is 7.00. The monoisotopic (exact) mass is 373 g/mol. The highest BCUT2D eigenvalue weighted by molar-refractivity contribution is 5.76. The van der Waals surface area contributed by atoms with Gasteiger partial charge in [-0.05, 0) is 44.4 Å². The summed E-state index contributed by atoms with van der Waals surface area (Å²) >= 11 is 0. The van der Waals surface area contributed by atoms with E-state index in [1.165, 1.54) is 16.8 Å². The largest absolute Gasteiger partial charge is 0.490 e. The number of para-hydroxylation sites is 1. The molecule has 0 bridgehead atoms. The third-order valence-corrected chi connectivity index (χ3v) is 4.90. The highest BCUT2D eigenvalue weighted by atomic mass is 19.1. The number of aromatic nitrogens is 2. The van der Waals surface area contributed by atoms with Crippen molar-refractivity contribution in [1.29, 1.82) is 0 Å². The number of carbonyl (C=O) groups excluding carboxylic acids is 1. The Labute approximate surface area is 157 Å². The van der Waals surface area contributed by atoms with Crippen molar-refractivity contribution in [2.24, 2.45) is 5.92 Å². The smallest absolute Gasteiger partial charge is 0.267 e. The number of piperidine rings is 1. The van der Waals surface area contributed by atoms with Crippen molar-refractivity contribution >= 4 is 5.91 Å². The summed E-state index contributed by atoms with van der Waals surface area (Å²) < 4.78 is 20.5. The van der Waals surface area contributed by atoms with Crippen LogP contribution in [0.15, 0.2) is 35.1 Å². The van der Waals surface area contributed by atoms with Gasteiger partial charge in [0, 0.05) is 25.1 Å². The van der Waals surface area contributed by atoms with E-state index in [1.807, 2.05) is 13.8 Å². The quantitative estimate of drug-likeness (QED) is 0.807. The molecule has 144 valence electrons. The summed E-state index contributed by atoms with van der Waals surface area (Å²) in [5.74, 6) is -0.163. The van der Waals surface area contributed by atoms with E-state index in [1.54, 1.807) is 23.1 Å². The van der Waals surface area contributed by atoms with Crippen LogP contribution in [0.5, 0.6) is 5.75 Å². The van der Waals surface area contributed by atoms with Crippen LogP contribution < -0.4 is 10.3 Å². The number of hydrogen-bond donors (Lipinski definition) is 0. The Morgan fingerprint density at radius 3 is 2.89 bits per heavy atom. The van der Waals surface area contributed by atoms with Gasteiger partial charge >= 0.3 is 0 Å². The molecule has 2 heterocycles. The number of likely N-dealkylation sites (tertiary alicyclic amines) is 1. The van der Waals surface area contributed by atoms with E-state index in [4.69, 9.17) is 4.74 Å². The van der Waals surface area contributed by atoms with Crippen LogP contribution in [0.2, 0.25) is 0 Å². The lowest BCUT2D eigenvalue weighted by atomic mass is 9.99. The van der Waals surface area contributed by atoms with Gasteiger partial charge in [-0.1, -0.05) is 12.1 Å². The number of carbonyl (C=O) groups is 1. The minimum Gasteiger partial charge on any atom is -0.490 e. The van der Waals surface area contributed by atoms with E-state index in [0.29, 0.717) is 19.7 Å². The normalized spacial score (nSPS) is 17.0. The van der Waals surface area contributed by atoms with Crippen molar-refractivity contribution in [3.05, 3.63) is 57.8 Å². The van der Waals surface area contributed by atoms with Gasteiger partial charge in [0.25, 0.3) is 5.56 Å². The lowest BCUT2D eigenvalue weighted by Gasteiger charge is -2.32. The first-order valence-electron chi connectivity index (χ1n) is 9.14. The fourth-order valence-electron chi connectivity index (χ4n) is 3.21. The van der Waals surface area contributed by atoms with Gasteiger partial charge in [0.1, 0.15) is 6.54 Å². The number of amides is 1. The maximum Gasteiger partial charge on any atom is 0.267 e. The second kappa shape index (κ2) is 8.33. The predicted molar refractivity (Wildman–Crippen MR) is 99.2 cm³/mol. The molecule has 1 aliphatic heterocycles. The Balaban J connectivity index is 1.59. The van der Waals surface area contributed by atoms with Crippen molar-refractivity contribution in [3.8, 4) is 5.75 Å². The van der Waals surface area contributed by atoms with Crippen LogP contribution in [-0.2, 0) is 11.3 Å². The molecule has 0 N–H and O–H groups in total. The summed E-state index contributed by atoms with van der Waals surface area (Å²) in [5, 5.41) is 4.20. The first kappa shape index (κ1) is 19.1. The maximum atomic E-state index is 13.7. The van der Waals surface area contributed by atoms with E-state index in [0.717, 1.165) is 24.1 Å². The molecule has 2 aromatic rings. The average molecular weight is 373 g/mol. The molecule has 0 unspecified atom stereocenters. The zero-order valence-corrected chi connectivity index (χ0v) is 15.7. The molecule has 7 heteroatoms. The first-order chi connectivity index (χ1) is 12.9. The van der Waals surface area contributed by atoms with Crippen LogP contribution in [0.25, 0.3) is 0 Å². The van der Waals surface area contributed by atoms with Gasteiger partial charge in [0.05, 0.1) is 12.3 Å². The fourth-order valence-corrected chi connectivity index (χ4v) is 3.21. The third-order valence-electron chi connectivity index (χ3n) is 4.90. The van der Waals surface area contributed by atoms with E-state index < -0.39 is 0 Å². The van der Waals surface area contributed by atoms with E-state index in [-0.39, 0.29) is 35.5 Å². The molecular weight excluding hydrogens is 349 g/mol. The number of halogens is 1. The Morgan fingerprint density at radius 1 is 1.33 bits per heavy atom. The van der Waals surface area contributed by atoms with E-state index in [2.05, 4.69) is 5.10 Å². The third kappa shape index (κ3) is 4.72.